The van der Waals surface area contributed by atoms with Gasteiger partial charge in [0.05, 0.1) is 6.04 Å². The minimum Gasteiger partial charge on any atom is -0.356 e. The Hall–Kier alpha value is -0.650. The highest BCUT2D eigenvalue weighted by atomic mass is 16.6. The lowest BCUT2D eigenvalue weighted by molar-refractivity contribution is -0.147. The van der Waals surface area contributed by atoms with Crippen molar-refractivity contribution >= 4 is 5.91 Å². The van der Waals surface area contributed by atoms with Crippen molar-refractivity contribution in [3.8, 4) is 0 Å². The van der Waals surface area contributed by atoms with Crippen LogP contribution in [0, 0.1) is 17.8 Å². The second-order valence-electron chi connectivity index (χ2n) is 7.53. The monoisotopic (exact) mass is 312 g/mol. The highest BCUT2D eigenvalue weighted by Crippen LogP contribution is 2.43. The lowest BCUT2D eigenvalue weighted by Gasteiger charge is -2.37. The van der Waals surface area contributed by atoms with E-state index in [1.165, 1.54) is 20.0 Å². The average Bonchev–Trinajstić information content (AvgIpc) is 3.03. The van der Waals surface area contributed by atoms with Crippen LogP contribution in [0.4, 0.5) is 0 Å². The number of methoxy groups -OCH3 is 1. The number of likely N-dealkylation sites (tertiary alicyclic amines) is 1. The zero-order valence-electron chi connectivity index (χ0n) is 14.6. The molecule has 2 N–H and O–H groups in total. The Kier molecular flexibility index (Phi) is 5.86. The second-order valence-corrected chi connectivity index (χ2v) is 7.53. The zero-order chi connectivity index (χ0) is 16.4. The Balaban J connectivity index is 2.19. The summed E-state index contributed by atoms with van der Waals surface area (Å²) in [4.78, 5) is 15.3. The second kappa shape index (κ2) is 7.28. The van der Waals surface area contributed by atoms with Gasteiger partial charge in [-0.05, 0) is 37.0 Å². The van der Waals surface area contributed by atoms with Gasteiger partial charge in [-0.15, -0.1) is 0 Å². The van der Waals surface area contributed by atoms with Gasteiger partial charge in [-0.25, -0.2) is 0 Å². The van der Waals surface area contributed by atoms with Crippen LogP contribution in [0.25, 0.3) is 0 Å². The van der Waals surface area contributed by atoms with E-state index in [0.29, 0.717) is 23.9 Å². The van der Waals surface area contributed by atoms with Gasteiger partial charge in [-0.3, -0.25) is 10.1 Å². The van der Waals surface area contributed by atoms with Crippen LogP contribution in [-0.2, 0) is 9.53 Å². The minimum absolute atomic E-state index is 0.102. The molecule has 5 nitrogen and oxygen atoms in total. The first-order valence-corrected chi connectivity index (χ1v) is 8.65. The van der Waals surface area contributed by atoms with Crippen molar-refractivity contribution in [2.45, 2.75) is 77.9 Å². The van der Waals surface area contributed by atoms with Gasteiger partial charge in [0.1, 0.15) is 0 Å². The summed E-state index contributed by atoms with van der Waals surface area (Å²) in [6, 6.07) is 0.309. The number of nitrogens with zero attached hydrogens (tertiary/aromatic N) is 1. The number of hydrogen-bond donors (Lipinski definition) is 2. The van der Waals surface area contributed by atoms with Crippen LogP contribution < -0.4 is 5.32 Å². The lowest BCUT2D eigenvalue weighted by atomic mass is 9.95. The molecule has 0 aromatic carbocycles. The summed E-state index contributed by atoms with van der Waals surface area (Å²) in [5.41, 5.74) is 0. The molecule has 0 aromatic heterocycles. The van der Waals surface area contributed by atoms with Gasteiger partial charge in [0.25, 0.3) is 0 Å². The van der Waals surface area contributed by atoms with Gasteiger partial charge in [-0.2, -0.15) is 0 Å². The van der Waals surface area contributed by atoms with Crippen molar-refractivity contribution < 1.29 is 14.6 Å². The molecule has 1 heterocycles. The normalized spacial score (nSPS) is 30.9. The SMILES string of the molecule is COC(O)NC(C(=O)N1[C@H](C(C)C)C[C@@H]2CCC[C@@H]21)C(C)C. The Morgan fingerprint density at radius 2 is 1.95 bits per heavy atom. The van der Waals surface area contributed by atoms with Crippen molar-refractivity contribution in [3.05, 3.63) is 0 Å². The predicted molar refractivity (Wildman–Crippen MR) is 86.0 cm³/mol. The maximum Gasteiger partial charge on any atom is 0.240 e. The van der Waals surface area contributed by atoms with Crippen LogP contribution in [-0.4, -0.2) is 47.6 Å². The molecule has 0 radical (unpaired) electrons. The van der Waals surface area contributed by atoms with Gasteiger partial charge in [-0.1, -0.05) is 34.1 Å². The van der Waals surface area contributed by atoms with E-state index >= 15 is 0 Å². The van der Waals surface area contributed by atoms with Crippen LogP contribution in [0.1, 0.15) is 53.4 Å². The molecule has 0 bridgehead atoms. The summed E-state index contributed by atoms with van der Waals surface area (Å²) in [6.07, 6.45) is 3.63. The highest BCUT2D eigenvalue weighted by molar-refractivity contribution is 5.83. The number of carbonyl (C=O) groups is 1. The van der Waals surface area contributed by atoms with E-state index in [-0.39, 0.29) is 11.8 Å². The molecule has 5 heteroatoms. The van der Waals surface area contributed by atoms with E-state index in [4.69, 9.17) is 4.74 Å². The largest absolute Gasteiger partial charge is 0.356 e. The number of aliphatic hydroxyl groups excluding tert-OH is 1. The van der Waals surface area contributed by atoms with Crippen molar-refractivity contribution in [3.63, 3.8) is 0 Å². The predicted octanol–water partition coefficient (Wildman–Crippen LogP) is 1.95. The Morgan fingerprint density at radius 1 is 1.27 bits per heavy atom. The molecule has 1 saturated carbocycles. The average molecular weight is 312 g/mol. The molecular weight excluding hydrogens is 280 g/mol. The third-order valence-corrected chi connectivity index (χ3v) is 5.38. The van der Waals surface area contributed by atoms with Gasteiger partial charge in [0, 0.05) is 19.2 Å². The summed E-state index contributed by atoms with van der Waals surface area (Å²) in [5.74, 6) is 1.36. The van der Waals surface area contributed by atoms with E-state index < -0.39 is 12.5 Å². The fourth-order valence-corrected chi connectivity index (χ4v) is 4.18. The van der Waals surface area contributed by atoms with Crippen molar-refractivity contribution in [2.24, 2.45) is 17.8 Å². The molecule has 5 atom stereocenters. The first-order chi connectivity index (χ1) is 10.4. The molecule has 0 spiro atoms. The maximum absolute atomic E-state index is 13.2. The van der Waals surface area contributed by atoms with Gasteiger partial charge in [0.2, 0.25) is 12.3 Å². The molecule has 1 aliphatic carbocycles. The number of fused-ring (bicyclic) bond motifs is 1. The number of aliphatic hydroxyl groups is 1. The van der Waals surface area contributed by atoms with Crippen LogP contribution >= 0.6 is 0 Å². The molecule has 22 heavy (non-hydrogen) atoms. The van der Waals surface area contributed by atoms with Crippen molar-refractivity contribution in [1.82, 2.24) is 10.2 Å². The van der Waals surface area contributed by atoms with Gasteiger partial charge < -0.3 is 14.7 Å². The highest BCUT2D eigenvalue weighted by Gasteiger charge is 2.48. The third kappa shape index (κ3) is 3.47. The summed E-state index contributed by atoms with van der Waals surface area (Å²) < 4.78 is 4.88. The number of hydrogen-bond acceptors (Lipinski definition) is 4. The molecule has 2 fully saturated rings. The molecule has 2 rings (SSSR count). The molecule has 2 unspecified atom stereocenters. The van der Waals surface area contributed by atoms with Gasteiger partial charge in [0.15, 0.2) is 0 Å². The number of nitrogens with one attached hydrogen (secondary N) is 1. The molecular formula is C17H32N2O3. The van der Waals surface area contributed by atoms with E-state index in [0.717, 1.165) is 12.8 Å². The Bertz CT molecular complexity index is 386. The zero-order valence-corrected chi connectivity index (χ0v) is 14.6. The molecule has 128 valence electrons. The third-order valence-electron chi connectivity index (χ3n) is 5.38. The van der Waals surface area contributed by atoms with Crippen LogP contribution in [0.5, 0.6) is 0 Å². The molecule has 1 saturated heterocycles. The number of carbonyl (C=O) groups excluding carboxylic acids is 1. The maximum atomic E-state index is 13.2. The fraction of sp³-hybridized carbons (Fsp3) is 0.941. The van der Waals surface area contributed by atoms with Crippen LogP contribution in [0.15, 0.2) is 0 Å². The minimum atomic E-state index is -1.10. The number of ether oxygens (including phenoxy) is 1. The van der Waals surface area contributed by atoms with Crippen LogP contribution in [0.2, 0.25) is 0 Å². The van der Waals surface area contributed by atoms with E-state index in [1.807, 2.05) is 13.8 Å². The van der Waals surface area contributed by atoms with Crippen molar-refractivity contribution in [2.75, 3.05) is 7.11 Å². The molecule has 1 aliphatic heterocycles. The van der Waals surface area contributed by atoms with Gasteiger partial charge >= 0.3 is 0 Å². The Morgan fingerprint density at radius 3 is 2.50 bits per heavy atom. The smallest absolute Gasteiger partial charge is 0.240 e. The summed E-state index contributed by atoms with van der Waals surface area (Å²) in [5, 5.41) is 12.7. The van der Waals surface area contributed by atoms with E-state index in [9.17, 15) is 9.90 Å². The quantitative estimate of drug-likeness (QED) is 0.736. The standard InChI is InChI=1S/C17H32N2O3/c1-10(2)14-9-12-7-6-8-13(12)19(14)16(20)15(11(3)4)18-17(21)22-5/h10-15,17-18,21H,6-9H2,1-5H3/t12-,13-,14-,15?,17?/m0/s1. The fourth-order valence-electron chi connectivity index (χ4n) is 4.18. The number of amides is 1. The summed E-state index contributed by atoms with van der Waals surface area (Å²) >= 11 is 0. The molecule has 2 aliphatic rings. The summed E-state index contributed by atoms with van der Waals surface area (Å²) in [6.45, 7) is 8.41. The first kappa shape index (κ1) is 17.7. The van der Waals surface area contributed by atoms with Crippen LogP contribution in [0.3, 0.4) is 0 Å². The molecule has 1 amide bonds. The lowest BCUT2D eigenvalue weighted by Crippen LogP contribution is -2.56. The summed E-state index contributed by atoms with van der Waals surface area (Å²) in [7, 11) is 1.43. The number of rotatable bonds is 6. The Labute approximate surface area is 134 Å². The topological polar surface area (TPSA) is 61.8 Å². The van der Waals surface area contributed by atoms with E-state index in [2.05, 4.69) is 24.1 Å². The molecule has 0 aromatic rings. The first-order valence-electron chi connectivity index (χ1n) is 8.65. The van der Waals surface area contributed by atoms with E-state index in [1.54, 1.807) is 0 Å². The van der Waals surface area contributed by atoms with Crippen molar-refractivity contribution in [1.29, 1.82) is 0 Å².